The fraction of sp³-hybridized carbons (Fsp3) is 0.333. The Balaban J connectivity index is 0.000000254. The number of aliphatic carboxylic acids is 1. The molecule has 5 nitrogen and oxygen atoms in total. The summed E-state index contributed by atoms with van der Waals surface area (Å²) in [6, 6.07) is 19.5. The van der Waals surface area contributed by atoms with Crippen LogP contribution in [0, 0.1) is 0 Å². The normalized spacial score (nSPS) is 15.9. The lowest BCUT2D eigenvalue weighted by atomic mass is 9.90. The zero-order valence-corrected chi connectivity index (χ0v) is 15.3. The molecule has 2 N–H and O–H groups in total. The van der Waals surface area contributed by atoms with Crippen molar-refractivity contribution >= 4 is 11.9 Å². The van der Waals surface area contributed by atoms with Crippen LogP contribution in [0.25, 0.3) is 0 Å². The summed E-state index contributed by atoms with van der Waals surface area (Å²) in [5, 5.41) is 11.2. The summed E-state index contributed by atoms with van der Waals surface area (Å²) < 4.78 is 0. The van der Waals surface area contributed by atoms with Crippen LogP contribution >= 0.6 is 0 Å². The molecule has 5 heteroatoms. The fourth-order valence-electron chi connectivity index (χ4n) is 2.92. The molecule has 1 aliphatic rings. The van der Waals surface area contributed by atoms with E-state index in [9.17, 15) is 9.59 Å². The van der Waals surface area contributed by atoms with Crippen LogP contribution in [0.2, 0.25) is 0 Å². The minimum absolute atomic E-state index is 0.104. The summed E-state index contributed by atoms with van der Waals surface area (Å²) >= 11 is 0. The lowest BCUT2D eigenvalue weighted by Gasteiger charge is -2.21. The fourth-order valence-corrected chi connectivity index (χ4v) is 2.92. The van der Waals surface area contributed by atoms with Crippen molar-refractivity contribution in [2.45, 2.75) is 24.8 Å². The molecule has 26 heavy (non-hydrogen) atoms. The number of carboxylic acid groups (broad SMARTS) is 1. The molecule has 0 aromatic heterocycles. The Labute approximate surface area is 154 Å². The van der Waals surface area contributed by atoms with Gasteiger partial charge in [0.25, 0.3) is 0 Å². The highest BCUT2D eigenvalue weighted by Gasteiger charge is 2.23. The predicted molar refractivity (Wildman–Crippen MR) is 102 cm³/mol. The number of rotatable bonds is 4. The summed E-state index contributed by atoms with van der Waals surface area (Å²) in [5.74, 6) is -0.836. The molecule has 2 aromatic carbocycles. The zero-order chi connectivity index (χ0) is 18.9. The molecule has 1 atom stereocenters. The van der Waals surface area contributed by atoms with Crippen LogP contribution in [-0.2, 0) is 9.59 Å². The maximum Gasteiger partial charge on any atom is 0.320 e. The number of carbonyl (C=O) groups excluding carboxylic acids is 1. The minimum atomic E-state index is -0.720. The van der Waals surface area contributed by atoms with Gasteiger partial charge in [0.1, 0.15) is 6.04 Å². The van der Waals surface area contributed by atoms with Gasteiger partial charge in [0, 0.05) is 14.1 Å². The number of likely N-dealkylation sites (N-methyl/N-ethyl adjacent to an activating group) is 1. The third kappa shape index (κ3) is 5.43. The van der Waals surface area contributed by atoms with Gasteiger partial charge in [0.05, 0.1) is 5.92 Å². The first-order valence-electron chi connectivity index (χ1n) is 8.78. The largest absolute Gasteiger partial charge is 0.480 e. The average molecular weight is 354 g/mol. The third-order valence-corrected chi connectivity index (χ3v) is 4.31. The van der Waals surface area contributed by atoms with Gasteiger partial charge in [0.15, 0.2) is 0 Å². The van der Waals surface area contributed by atoms with Gasteiger partial charge in [-0.05, 0) is 30.5 Å². The second kappa shape index (κ2) is 9.73. The molecule has 2 aromatic rings. The molecule has 3 rings (SSSR count). The van der Waals surface area contributed by atoms with Crippen molar-refractivity contribution < 1.29 is 14.7 Å². The molecule has 1 heterocycles. The predicted octanol–water partition coefficient (Wildman–Crippen LogP) is 2.73. The van der Waals surface area contributed by atoms with Crippen molar-refractivity contribution in [3.05, 3.63) is 71.8 Å². The maximum atomic E-state index is 12.4. The van der Waals surface area contributed by atoms with E-state index >= 15 is 0 Å². The average Bonchev–Trinajstić information content (AvgIpc) is 3.19. The first-order chi connectivity index (χ1) is 12.5. The van der Waals surface area contributed by atoms with Crippen LogP contribution in [0.1, 0.15) is 29.9 Å². The Kier molecular flexibility index (Phi) is 7.36. The number of benzene rings is 2. The smallest absolute Gasteiger partial charge is 0.320 e. The second-order valence-electron chi connectivity index (χ2n) is 6.47. The highest BCUT2D eigenvalue weighted by molar-refractivity contribution is 5.86. The van der Waals surface area contributed by atoms with Gasteiger partial charge in [0.2, 0.25) is 5.91 Å². The Morgan fingerprint density at radius 1 is 1.00 bits per heavy atom. The Hall–Kier alpha value is -2.66. The number of hydrogen-bond donors (Lipinski definition) is 2. The number of nitrogens with zero attached hydrogens (tertiary/aromatic N) is 1. The van der Waals surface area contributed by atoms with Crippen molar-refractivity contribution in [1.82, 2.24) is 10.2 Å². The minimum Gasteiger partial charge on any atom is -0.480 e. The van der Waals surface area contributed by atoms with Gasteiger partial charge < -0.3 is 15.3 Å². The molecule has 0 aliphatic carbocycles. The van der Waals surface area contributed by atoms with Crippen molar-refractivity contribution in [2.24, 2.45) is 0 Å². The lowest BCUT2D eigenvalue weighted by molar-refractivity contribution is -0.139. The molecule has 0 radical (unpaired) electrons. The van der Waals surface area contributed by atoms with Gasteiger partial charge in [-0.2, -0.15) is 0 Å². The van der Waals surface area contributed by atoms with Crippen LogP contribution in [-0.4, -0.2) is 48.6 Å². The van der Waals surface area contributed by atoms with Gasteiger partial charge in [-0.1, -0.05) is 60.7 Å². The van der Waals surface area contributed by atoms with Crippen LogP contribution in [0.4, 0.5) is 0 Å². The maximum absolute atomic E-state index is 12.4. The highest BCUT2D eigenvalue weighted by atomic mass is 16.4. The summed E-state index contributed by atoms with van der Waals surface area (Å²) in [6.45, 7) is 0.858. The van der Waals surface area contributed by atoms with Crippen LogP contribution in [0.3, 0.4) is 0 Å². The van der Waals surface area contributed by atoms with E-state index in [1.54, 1.807) is 19.0 Å². The van der Waals surface area contributed by atoms with Crippen molar-refractivity contribution in [3.8, 4) is 0 Å². The van der Waals surface area contributed by atoms with Crippen LogP contribution < -0.4 is 5.32 Å². The Morgan fingerprint density at radius 3 is 1.81 bits per heavy atom. The topological polar surface area (TPSA) is 69.6 Å². The summed E-state index contributed by atoms with van der Waals surface area (Å²) in [7, 11) is 3.59. The van der Waals surface area contributed by atoms with E-state index in [0.717, 1.165) is 30.5 Å². The number of nitrogens with one attached hydrogen (secondary N) is 1. The van der Waals surface area contributed by atoms with E-state index < -0.39 is 5.97 Å². The SMILES string of the molecule is CN(C)C(=O)C(c1ccccc1)c1ccccc1.O=C(O)C1CCCN1. The molecule has 0 saturated carbocycles. The molecular weight excluding hydrogens is 328 g/mol. The summed E-state index contributed by atoms with van der Waals surface area (Å²) in [4.78, 5) is 24.2. The van der Waals surface area contributed by atoms with Crippen molar-refractivity contribution in [1.29, 1.82) is 0 Å². The van der Waals surface area contributed by atoms with Crippen LogP contribution in [0.5, 0.6) is 0 Å². The first kappa shape index (κ1) is 19.7. The molecule has 0 bridgehead atoms. The highest BCUT2D eigenvalue weighted by Crippen LogP contribution is 2.25. The van der Waals surface area contributed by atoms with Crippen LogP contribution in [0.15, 0.2) is 60.7 Å². The van der Waals surface area contributed by atoms with Crippen molar-refractivity contribution in [2.75, 3.05) is 20.6 Å². The van der Waals surface area contributed by atoms with E-state index in [0.29, 0.717) is 0 Å². The Bertz CT molecular complexity index is 656. The molecule has 138 valence electrons. The van der Waals surface area contributed by atoms with E-state index in [1.807, 2.05) is 60.7 Å². The molecule has 0 spiro atoms. The lowest BCUT2D eigenvalue weighted by Crippen LogP contribution is -2.29. The molecule has 1 aliphatic heterocycles. The quantitative estimate of drug-likeness (QED) is 0.886. The number of carboxylic acids is 1. The number of carbonyl (C=O) groups is 2. The molecule has 1 unspecified atom stereocenters. The first-order valence-corrected chi connectivity index (χ1v) is 8.78. The van der Waals surface area contributed by atoms with Gasteiger partial charge in [-0.3, -0.25) is 9.59 Å². The summed E-state index contributed by atoms with van der Waals surface area (Å²) in [5.41, 5.74) is 2.06. The third-order valence-electron chi connectivity index (χ3n) is 4.31. The number of amides is 1. The summed E-state index contributed by atoms with van der Waals surface area (Å²) in [6.07, 6.45) is 1.78. The second-order valence-corrected chi connectivity index (χ2v) is 6.47. The van der Waals surface area contributed by atoms with Gasteiger partial charge >= 0.3 is 5.97 Å². The van der Waals surface area contributed by atoms with E-state index in [-0.39, 0.29) is 17.9 Å². The molecule has 1 amide bonds. The van der Waals surface area contributed by atoms with E-state index in [1.165, 1.54) is 0 Å². The van der Waals surface area contributed by atoms with E-state index in [4.69, 9.17) is 5.11 Å². The standard InChI is InChI=1S/C16H17NO.C5H9NO2/c1-17(2)16(18)15(13-9-5-3-6-10-13)14-11-7-4-8-12-14;7-5(8)4-2-1-3-6-4/h3-12,15H,1-2H3;4,6H,1-3H2,(H,7,8). The number of hydrogen-bond acceptors (Lipinski definition) is 3. The van der Waals surface area contributed by atoms with E-state index in [2.05, 4.69) is 5.32 Å². The van der Waals surface area contributed by atoms with Gasteiger partial charge in [-0.15, -0.1) is 0 Å². The monoisotopic (exact) mass is 354 g/mol. The molecule has 1 fully saturated rings. The molecular formula is C21H26N2O3. The van der Waals surface area contributed by atoms with Gasteiger partial charge in [-0.25, -0.2) is 0 Å². The van der Waals surface area contributed by atoms with Crippen molar-refractivity contribution in [3.63, 3.8) is 0 Å². The molecule has 1 saturated heterocycles. The Morgan fingerprint density at radius 2 is 1.50 bits per heavy atom. The zero-order valence-electron chi connectivity index (χ0n) is 15.3.